The van der Waals surface area contributed by atoms with Crippen LogP contribution in [-0.2, 0) is 19.5 Å². The van der Waals surface area contributed by atoms with Gasteiger partial charge in [-0.05, 0) is 78.7 Å². The molecule has 2 heterocycles. The summed E-state index contributed by atoms with van der Waals surface area (Å²) in [5.41, 5.74) is 3.75. The van der Waals surface area contributed by atoms with Crippen molar-refractivity contribution in [3.63, 3.8) is 0 Å². The van der Waals surface area contributed by atoms with E-state index in [1.54, 1.807) is 11.3 Å². The second-order valence-corrected chi connectivity index (χ2v) is 8.62. The number of amides is 2. The molecular formula is C22H31N3OS. The Labute approximate surface area is 167 Å². The number of hydrogen-bond donors (Lipinski definition) is 2. The van der Waals surface area contributed by atoms with Gasteiger partial charge in [0, 0.05) is 19.1 Å². The second-order valence-electron chi connectivity index (χ2n) is 7.84. The number of rotatable bonds is 7. The minimum absolute atomic E-state index is 0.107. The van der Waals surface area contributed by atoms with Crippen LogP contribution in [0.15, 0.2) is 41.1 Å². The second kappa shape index (κ2) is 9.90. The predicted octanol–water partition coefficient (Wildman–Crippen LogP) is 4.41. The van der Waals surface area contributed by atoms with E-state index in [0.29, 0.717) is 6.54 Å². The third-order valence-electron chi connectivity index (χ3n) is 5.26. The Morgan fingerprint density at radius 2 is 1.85 bits per heavy atom. The Hall–Kier alpha value is -1.85. The number of carbonyl (C=O) groups is 1. The zero-order valence-electron chi connectivity index (χ0n) is 16.4. The van der Waals surface area contributed by atoms with Gasteiger partial charge in [-0.25, -0.2) is 4.79 Å². The summed E-state index contributed by atoms with van der Waals surface area (Å²) >= 11 is 1.69. The van der Waals surface area contributed by atoms with Gasteiger partial charge in [0.25, 0.3) is 0 Å². The van der Waals surface area contributed by atoms with E-state index in [1.807, 2.05) is 6.92 Å². The van der Waals surface area contributed by atoms with Crippen LogP contribution < -0.4 is 10.6 Å². The third kappa shape index (κ3) is 6.67. The van der Waals surface area contributed by atoms with Gasteiger partial charge in [0.05, 0.1) is 0 Å². The number of benzene rings is 1. The molecule has 146 valence electrons. The summed E-state index contributed by atoms with van der Waals surface area (Å²) in [5, 5.41) is 10.2. The largest absolute Gasteiger partial charge is 0.335 e. The van der Waals surface area contributed by atoms with Crippen LogP contribution in [0.2, 0.25) is 0 Å². The first-order valence-corrected chi connectivity index (χ1v) is 10.9. The van der Waals surface area contributed by atoms with Crippen LogP contribution in [0.5, 0.6) is 0 Å². The van der Waals surface area contributed by atoms with Gasteiger partial charge in [-0.3, -0.25) is 4.90 Å². The van der Waals surface area contributed by atoms with Crippen LogP contribution in [0, 0.1) is 5.92 Å². The number of carbonyl (C=O) groups excluding carboxylic acids is 1. The zero-order chi connectivity index (χ0) is 19.1. The highest BCUT2D eigenvalue weighted by molar-refractivity contribution is 7.07. The summed E-state index contributed by atoms with van der Waals surface area (Å²) in [7, 11) is 0. The molecule has 2 amide bonds. The molecule has 1 aliphatic heterocycles. The maximum absolute atomic E-state index is 12.1. The van der Waals surface area contributed by atoms with Crippen molar-refractivity contribution in [3.05, 3.63) is 57.8 Å². The molecule has 3 rings (SSSR count). The van der Waals surface area contributed by atoms with Gasteiger partial charge in [0.2, 0.25) is 0 Å². The van der Waals surface area contributed by atoms with Crippen molar-refractivity contribution >= 4 is 17.4 Å². The Bertz CT molecular complexity index is 691. The SMILES string of the molecule is CC1CCN(Cc2ccc(CNC(=O)NC(C)Cc3ccsc3)cc2)CC1. The maximum atomic E-state index is 12.1. The van der Waals surface area contributed by atoms with Crippen LogP contribution in [0.3, 0.4) is 0 Å². The van der Waals surface area contributed by atoms with Gasteiger partial charge in [-0.15, -0.1) is 0 Å². The van der Waals surface area contributed by atoms with Crippen molar-refractivity contribution in [1.82, 2.24) is 15.5 Å². The summed E-state index contributed by atoms with van der Waals surface area (Å²) in [6.45, 7) is 8.37. The van der Waals surface area contributed by atoms with Crippen molar-refractivity contribution in [1.29, 1.82) is 0 Å². The molecule has 1 fully saturated rings. The van der Waals surface area contributed by atoms with Gasteiger partial charge in [0.1, 0.15) is 0 Å². The lowest BCUT2D eigenvalue weighted by molar-refractivity contribution is 0.185. The van der Waals surface area contributed by atoms with Gasteiger partial charge in [-0.1, -0.05) is 31.2 Å². The first kappa shape index (κ1) is 19.9. The van der Waals surface area contributed by atoms with Crippen LogP contribution in [0.1, 0.15) is 43.4 Å². The van der Waals surface area contributed by atoms with Crippen molar-refractivity contribution in [2.45, 2.75) is 52.2 Å². The quantitative estimate of drug-likeness (QED) is 0.741. The summed E-state index contributed by atoms with van der Waals surface area (Å²) < 4.78 is 0. The van der Waals surface area contributed by atoms with Crippen molar-refractivity contribution in [2.75, 3.05) is 13.1 Å². The predicted molar refractivity (Wildman–Crippen MR) is 113 cm³/mol. The topological polar surface area (TPSA) is 44.4 Å². The van der Waals surface area contributed by atoms with E-state index >= 15 is 0 Å². The maximum Gasteiger partial charge on any atom is 0.315 e. The number of nitrogens with one attached hydrogen (secondary N) is 2. The molecule has 0 aliphatic carbocycles. The first-order chi connectivity index (χ1) is 13.1. The Morgan fingerprint density at radius 3 is 2.52 bits per heavy atom. The highest BCUT2D eigenvalue weighted by Gasteiger charge is 2.15. The lowest BCUT2D eigenvalue weighted by Gasteiger charge is -2.30. The molecule has 0 bridgehead atoms. The average molecular weight is 386 g/mol. The van der Waals surface area contributed by atoms with Gasteiger partial charge < -0.3 is 10.6 Å². The normalized spacial score (nSPS) is 16.8. The lowest BCUT2D eigenvalue weighted by Crippen LogP contribution is -2.41. The molecule has 5 heteroatoms. The molecule has 1 aliphatic rings. The first-order valence-electron chi connectivity index (χ1n) is 9.94. The minimum atomic E-state index is -0.107. The van der Waals surface area contributed by atoms with Crippen LogP contribution in [0.25, 0.3) is 0 Å². The van der Waals surface area contributed by atoms with E-state index in [1.165, 1.54) is 37.1 Å². The molecule has 1 aromatic heterocycles. The molecule has 0 radical (unpaired) electrons. The fourth-order valence-corrected chi connectivity index (χ4v) is 4.19. The average Bonchev–Trinajstić information content (AvgIpc) is 3.16. The van der Waals surface area contributed by atoms with E-state index < -0.39 is 0 Å². The van der Waals surface area contributed by atoms with E-state index in [2.05, 4.69) is 63.5 Å². The van der Waals surface area contributed by atoms with Gasteiger partial charge in [-0.2, -0.15) is 11.3 Å². The molecule has 1 saturated heterocycles. The molecule has 2 aromatic rings. The number of nitrogens with zero attached hydrogens (tertiary/aromatic N) is 1. The van der Waals surface area contributed by atoms with Crippen LogP contribution >= 0.6 is 11.3 Å². The number of hydrogen-bond acceptors (Lipinski definition) is 3. The molecule has 1 unspecified atom stereocenters. The fourth-order valence-electron chi connectivity index (χ4n) is 3.51. The highest BCUT2D eigenvalue weighted by atomic mass is 32.1. The summed E-state index contributed by atoms with van der Waals surface area (Å²) in [5.74, 6) is 0.869. The summed E-state index contributed by atoms with van der Waals surface area (Å²) in [6, 6.07) is 10.7. The van der Waals surface area contributed by atoms with E-state index in [-0.39, 0.29) is 12.1 Å². The number of urea groups is 1. The van der Waals surface area contributed by atoms with Crippen LogP contribution in [-0.4, -0.2) is 30.1 Å². The van der Waals surface area contributed by atoms with Crippen molar-refractivity contribution < 1.29 is 4.79 Å². The number of thiophene rings is 1. The summed E-state index contributed by atoms with van der Waals surface area (Å²) in [4.78, 5) is 14.6. The molecule has 0 saturated carbocycles. The Kier molecular flexibility index (Phi) is 7.30. The minimum Gasteiger partial charge on any atom is -0.335 e. The van der Waals surface area contributed by atoms with Crippen LogP contribution in [0.4, 0.5) is 4.79 Å². The van der Waals surface area contributed by atoms with Crippen molar-refractivity contribution in [2.24, 2.45) is 5.92 Å². The van der Waals surface area contributed by atoms with E-state index in [9.17, 15) is 4.79 Å². The molecule has 1 aromatic carbocycles. The molecule has 0 spiro atoms. The zero-order valence-corrected chi connectivity index (χ0v) is 17.2. The molecule has 2 N–H and O–H groups in total. The number of piperidine rings is 1. The Balaban J connectivity index is 1.38. The monoisotopic (exact) mass is 385 g/mol. The third-order valence-corrected chi connectivity index (χ3v) is 5.99. The smallest absolute Gasteiger partial charge is 0.315 e. The molecule has 27 heavy (non-hydrogen) atoms. The molecule has 4 nitrogen and oxygen atoms in total. The standard InChI is InChI=1S/C22H31N3OS/c1-17-7-10-25(11-8-17)15-20-5-3-19(4-6-20)14-23-22(26)24-18(2)13-21-9-12-27-16-21/h3-6,9,12,16-18H,7-8,10-11,13-15H2,1-2H3,(H2,23,24,26). The van der Waals surface area contributed by atoms with E-state index in [4.69, 9.17) is 0 Å². The van der Waals surface area contributed by atoms with E-state index in [0.717, 1.165) is 24.4 Å². The molecular weight excluding hydrogens is 354 g/mol. The number of likely N-dealkylation sites (tertiary alicyclic amines) is 1. The van der Waals surface area contributed by atoms with Gasteiger partial charge >= 0.3 is 6.03 Å². The Morgan fingerprint density at radius 1 is 1.15 bits per heavy atom. The fraction of sp³-hybridized carbons (Fsp3) is 0.500. The lowest BCUT2D eigenvalue weighted by atomic mass is 9.99. The van der Waals surface area contributed by atoms with Crippen molar-refractivity contribution in [3.8, 4) is 0 Å². The summed E-state index contributed by atoms with van der Waals surface area (Å²) in [6.07, 6.45) is 3.48. The van der Waals surface area contributed by atoms with Gasteiger partial charge in [0.15, 0.2) is 0 Å². The molecule has 1 atom stereocenters. The highest BCUT2D eigenvalue weighted by Crippen LogP contribution is 2.18.